The lowest BCUT2D eigenvalue weighted by atomic mass is 10.1. The molecule has 0 saturated heterocycles. The molecule has 0 bridgehead atoms. The number of aromatic nitrogens is 1. The van der Waals surface area contributed by atoms with Crippen molar-refractivity contribution in [2.45, 2.75) is 40.2 Å². The zero-order valence-electron chi connectivity index (χ0n) is 9.66. The first-order valence-corrected chi connectivity index (χ1v) is 5.48. The third kappa shape index (κ3) is 2.85. The largest absolute Gasteiger partial charge is 0.477 e. The van der Waals surface area contributed by atoms with Crippen LogP contribution < -0.4 is 0 Å². The van der Waals surface area contributed by atoms with E-state index in [9.17, 15) is 4.79 Å². The number of carboxylic acid groups (broad SMARTS) is 1. The van der Waals surface area contributed by atoms with Crippen molar-refractivity contribution in [1.29, 1.82) is 0 Å². The van der Waals surface area contributed by atoms with Gasteiger partial charge in [0.1, 0.15) is 5.69 Å². The summed E-state index contributed by atoms with van der Waals surface area (Å²) in [6.45, 7) is 7.13. The number of hydrogen-bond acceptors (Lipinski definition) is 1. The Kier molecular flexibility index (Phi) is 3.95. The standard InChI is InChI=1S/C12H19NO2/c1-4-7-13-10(8-9(2)3)5-6-11(13)12(14)15/h5-6,9H,4,7-8H2,1-3H3,(H,14,15). The first kappa shape index (κ1) is 11.8. The number of nitrogens with zero attached hydrogens (tertiary/aromatic N) is 1. The molecule has 1 rings (SSSR count). The summed E-state index contributed by atoms with van der Waals surface area (Å²) in [6, 6.07) is 3.63. The number of carbonyl (C=O) groups is 1. The van der Waals surface area contributed by atoms with Gasteiger partial charge in [-0.3, -0.25) is 0 Å². The minimum absolute atomic E-state index is 0.410. The quantitative estimate of drug-likeness (QED) is 0.810. The summed E-state index contributed by atoms with van der Waals surface area (Å²) < 4.78 is 1.92. The average molecular weight is 209 g/mol. The minimum atomic E-state index is -0.835. The van der Waals surface area contributed by atoms with Gasteiger partial charge in [0.05, 0.1) is 0 Å². The maximum absolute atomic E-state index is 11.0. The average Bonchev–Trinajstić information content (AvgIpc) is 2.48. The van der Waals surface area contributed by atoms with E-state index in [0.717, 1.165) is 25.1 Å². The fourth-order valence-corrected chi connectivity index (χ4v) is 1.78. The molecule has 84 valence electrons. The van der Waals surface area contributed by atoms with Gasteiger partial charge in [-0.2, -0.15) is 0 Å². The molecule has 0 unspecified atom stereocenters. The van der Waals surface area contributed by atoms with Crippen molar-refractivity contribution in [3.63, 3.8) is 0 Å². The Morgan fingerprint density at radius 2 is 2.13 bits per heavy atom. The molecule has 3 nitrogen and oxygen atoms in total. The molecule has 1 heterocycles. The Hall–Kier alpha value is -1.25. The van der Waals surface area contributed by atoms with Crippen LogP contribution in [0.3, 0.4) is 0 Å². The summed E-state index contributed by atoms with van der Waals surface area (Å²) in [5.74, 6) is -0.282. The zero-order chi connectivity index (χ0) is 11.4. The van der Waals surface area contributed by atoms with Gasteiger partial charge in [0, 0.05) is 12.2 Å². The Bertz CT molecular complexity index is 339. The molecule has 0 atom stereocenters. The third-order valence-corrected chi connectivity index (χ3v) is 2.35. The number of aromatic carboxylic acids is 1. The van der Waals surface area contributed by atoms with Crippen molar-refractivity contribution >= 4 is 5.97 Å². The highest BCUT2D eigenvalue weighted by atomic mass is 16.4. The SMILES string of the molecule is CCCn1c(CC(C)C)ccc1C(=O)O. The number of rotatable bonds is 5. The predicted octanol–water partition coefficient (Wildman–Crippen LogP) is 2.79. The lowest BCUT2D eigenvalue weighted by molar-refractivity contribution is 0.0684. The second-order valence-electron chi connectivity index (χ2n) is 4.26. The van der Waals surface area contributed by atoms with Crippen LogP contribution in [0.1, 0.15) is 43.4 Å². The van der Waals surface area contributed by atoms with Gasteiger partial charge in [-0.05, 0) is 30.9 Å². The highest BCUT2D eigenvalue weighted by Gasteiger charge is 2.13. The van der Waals surface area contributed by atoms with Gasteiger partial charge in [0.2, 0.25) is 0 Å². The van der Waals surface area contributed by atoms with Crippen molar-refractivity contribution in [3.8, 4) is 0 Å². The molecule has 1 aromatic rings. The molecule has 15 heavy (non-hydrogen) atoms. The zero-order valence-corrected chi connectivity index (χ0v) is 9.66. The van der Waals surface area contributed by atoms with Gasteiger partial charge in [0.25, 0.3) is 0 Å². The highest BCUT2D eigenvalue weighted by Crippen LogP contribution is 2.14. The van der Waals surface area contributed by atoms with E-state index in [-0.39, 0.29) is 0 Å². The highest BCUT2D eigenvalue weighted by molar-refractivity contribution is 5.86. The molecule has 0 amide bonds. The van der Waals surface area contributed by atoms with Crippen molar-refractivity contribution in [2.75, 3.05) is 0 Å². The molecule has 0 spiro atoms. The van der Waals surface area contributed by atoms with Gasteiger partial charge in [-0.1, -0.05) is 20.8 Å². The smallest absolute Gasteiger partial charge is 0.352 e. The molecular weight excluding hydrogens is 190 g/mol. The Morgan fingerprint density at radius 3 is 2.60 bits per heavy atom. The summed E-state index contributed by atoms with van der Waals surface area (Å²) in [7, 11) is 0. The first-order chi connectivity index (χ1) is 7.06. The summed E-state index contributed by atoms with van der Waals surface area (Å²) in [6.07, 6.45) is 1.90. The Morgan fingerprint density at radius 1 is 1.47 bits per heavy atom. The first-order valence-electron chi connectivity index (χ1n) is 5.48. The van der Waals surface area contributed by atoms with Crippen LogP contribution in [0.15, 0.2) is 12.1 Å². The topological polar surface area (TPSA) is 42.2 Å². The van der Waals surface area contributed by atoms with Gasteiger partial charge < -0.3 is 9.67 Å². The van der Waals surface area contributed by atoms with E-state index in [4.69, 9.17) is 5.11 Å². The Balaban J connectivity index is 3.00. The van der Waals surface area contributed by atoms with Crippen LogP contribution in [-0.4, -0.2) is 15.6 Å². The summed E-state index contributed by atoms with van der Waals surface area (Å²) in [5, 5.41) is 9.02. The molecule has 0 aliphatic heterocycles. The van der Waals surface area contributed by atoms with Crippen LogP contribution in [-0.2, 0) is 13.0 Å². The van der Waals surface area contributed by atoms with Crippen molar-refractivity contribution < 1.29 is 9.90 Å². The second kappa shape index (κ2) is 5.01. The normalized spacial score (nSPS) is 10.9. The van der Waals surface area contributed by atoms with Crippen molar-refractivity contribution in [2.24, 2.45) is 5.92 Å². The van der Waals surface area contributed by atoms with Gasteiger partial charge in [-0.15, -0.1) is 0 Å². The molecule has 3 heteroatoms. The van der Waals surface area contributed by atoms with Crippen molar-refractivity contribution in [1.82, 2.24) is 4.57 Å². The summed E-state index contributed by atoms with van der Waals surface area (Å²) in [5.41, 5.74) is 1.54. The molecular formula is C12H19NO2. The van der Waals surface area contributed by atoms with E-state index in [1.165, 1.54) is 0 Å². The van der Waals surface area contributed by atoms with Crippen LogP contribution in [0, 0.1) is 5.92 Å². The molecule has 0 fully saturated rings. The van der Waals surface area contributed by atoms with Gasteiger partial charge >= 0.3 is 5.97 Å². The van der Waals surface area contributed by atoms with Crippen LogP contribution in [0.4, 0.5) is 0 Å². The summed E-state index contributed by atoms with van der Waals surface area (Å²) in [4.78, 5) is 11.0. The number of hydrogen-bond donors (Lipinski definition) is 1. The second-order valence-corrected chi connectivity index (χ2v) is 4.26. The molecule has 0 aliphatic carbocycles. The van der Waals surface area contributed by atoms with E-state index in [1.807, 2.05) is 10.6 Å². The van der Waals surface area contributed by atoms with Crippen LogP contribution in [0.2, 0.25) is 0 Å². The third-order valence-electron chi connectivity index (χ3n) is 2.35. The molecule has 0 aliphatic rings. The van der Waals surface area contributed by atoms with E-state index in [1.54, 1.807) is 6.07 Å². The fourth-order valence-electron chi connectivity index (χ4n) is 1.78. The van der Waals surface area contributed by atoms with E-state index >= 15 is 0 Å². The van der Waals surface area contributed by atoms with Crippen LogP contribution in [0.5, 0.6) is 0 Å². The van der Waals surface area contributed by atoms with Crippen LogP contribution >= 0.6 is 0 Å². The van der Waals surface area contributed by atoms with Crippen LogP contribution in [0.25, 0.3) is 0 Å². The monoisotopic (exact) mass is 209 g/mol. The maximum atomic E-state index is 11.0. The maximum Gasteiger partial charge on any atom is 0.352 e. The minimum Gasteiger partial charge on any atom is -0.477 e. The lowest BCUT2D eigenvalue weighted by Crippen LogP contribution is -2.12. The van der Waals surface area contributed by atoms with Gasteiger partial charge in [0.15, 0.2) is 0 Å². The van der Waals surface area contributed by atoms with E-state index < -0.39 is 5.97 Å². The fraction of sp³-hybridized carbons (Fsp3) is 0.583. The van der Waals surface area contributed by atoms with E-state index in [2.05, 4.69) is 20.8 Å². The Labute approximate surface area is 90.7 Å². The van der Waals surface area contributed by atoms with Crippen molar-refractivity contribution in [3.05, 3.63) is 23.5 Å². The van der Waals surface area contributed by atoms with E-state index in [0.29, 0.717) is 11.6 Å². The molecule has 1 N–H and O–H groups in total. The molecule has 0 aromatic carbocycles. The molecule has 0 radical (unpaired) electrons. The summed E-state index contributed by atoms with van der Waals surface area (Å²) >= 11 is 0. The number of carboxylic acids is 1. The predicted molar refractivity (Wildman–Crippen MR) is 60.2 cm³/mol. The molecule has 1 aromatic heterocycles. The van der Waals surface area contributed by atoms with Gasteiger partial charge in [-0.25, -0.2) is 4.79 Å². The molecule has 0 saturated carbocycles. The lowest BCUT2D eigenvalue weighted by Gasteiger charge is -2.11.